The summed E-state index contributed by atoms with van der Waals surface area (Å²) in [6.07, 6.45) is 0. The Morgan fingerprint density at radius 1 is 1.40 bits per heavy atom. The van der Waals surface area contributed by atoms with Crippen LogP contribution in [-0.2, 0) is 9.53 Å². The second kappa shape index (κ2) is 6.61. The van der Waals surface area contributed by atoms with Gasteiger partial charge < -0.3 is 10.1 Å². The lowest BCUT2D eigenvalue weighted by atomic mass is 10.2. The molecule has 0 aliphatic heterocycles. The molecule has 0 spiro atoms. The van der Waals surface area contributed by atoms with Gasteiger partial charge in [0.05, 0.1) is 12.1 Å². The molecule has 1 N–H and O–H groups in total. The van der Waals surface area contributed by atoms with Crippen molar-refractivity contribution in [1.82, 2.24) is 0 Å². The third-order valence-corrected chi connectivity index (χ3v) is 4.99. The van der Waals surface area contributed by atoms with Gasteiger partial charge in [-0.05, 0) is 53.2 Å². The lowest BCUT2D eigenvalue weighted by molar-refractivity contribution is -0.141. The molecule has 2 aromatic rings. The molecular weight excluding hydrogens is 362 g/mol. The normalized spacial score (nSPS) is 12.0. The van der Waals surface area contributed by atoms with Crippen LogP contribution in [0.5, 0.6) is 0 Å². The van der Waals surface area contributed by atoms with Gasteiger partial charge in [0.1, 0.15) is 0 Å². The number of nitrogens with one attached hydrogen (secondary N) is 1. The molecule has 6 heteroatoms. The molecule has 1 atom stereocenters. The highest BCUT2D eigenvalue weighted by atomic mass is 79.9. The number of anilines is 1. The highest BCUT2D eigenvalue weighted by Crippen LogP contribution is 2.30. The van der Waals surface area contributed by atoms with Crippen molar-refractivity contribution >= 4 is 50.5 Å². The van der Waals surface area contributed by atoms with Crippen LogP contribution < -0.4 is 5.32 Å². The molecule has 3 nitrogen and oxygen atoms in total. The van der Waals surface area contributed by atoms with Crippen molar-refractivity contribution in [3.05, 3.63) is 49.6 Å². The van der Waals surface area contributed by atoms with Gasteiger partial charge in [-0.25, -0.2) is 4.79 Å². The Bertz CT molecular complexity index is 629. The molecule has 1 aromatic carbocycles. The zero-order chi connectivity index (χ0) is 14.7. The summed E-state index contributed by atoms with van der Waals surface area (Å²) in [6, 6.07) is 8.81. The lowest BCUT2D eigenvalue weighted by Crippen LogP contribution is -2.21. The van der Waals surface area contributed by atoms with E-state index < -0.39 is 6.04 Å². The van der Waals surface area contributed by atoms with E-state index in [1.807, 2.05) is 31.2 Å². The molecule has 0 saturated carbocycles. The average Bonchev–Trinajstić information content (AvgIpc) is 2.85. The zero-order valence-electron chi connectivity index (χ0n) is 10.9. The summed E-state index contributed by atoms with van der Waals surface area (Å²) in [5.41, 5.74) is 0.794. The molecule has 0 amide bonds. The molecular formula is C14H13BrClNO2S. The highest BCUT2D eigenvalue weighted by Gasteiger charge is 2.23. The first-order chi connectivity index (χ1) is 9.51. The van der Waals surface area contributed by atoms with Crippen molar-refractivity contribution < 1.29 is 9.53 Å². The highest BCUT2D eigenvalue weighted by molar-refractivity contribution is 9.10. The van der Waals surface area contributed by atoms with Crippen LogP contribution in [0, 0.1) is 6.92 Å². The number of hydrogen-bond donors (Lipinski definition) is 1. The number of thiophene rings is 1. The fourth-order valence-corrected chi connectivity index (χ4v) is 3.14. The van der Waals surface area contributed by atoms with Crippen molar-refractivity contribution in [2.75, 3.05) is 12.4 Å². The Morgan fingerprint density at radius 3 is 2.70 bits per heavy atom. The van der Waals surface area contributed by atoms with Crippen LogP contribution in [0.3, 0.4) is 0 Å². The van der Waals surface area contributed by atoms with Gasteiger partial charge in [-0.1, -0.05) is 11.6 Å². The topological polar surface area (TPSA) is 38.3 Å². The van der Waals surface area contributed by atoms with Crippen LogP contribution in [0.1, 0.15) is 15.8 Å². The van der Waals surface area contributed by atoms with Crippen LogP contribution >= 0.6 is 38.9 Å². The second-order valence-electron chi connectivity index (χ2n) is 4.18. The molecule has 106 valence electrons. The maximum Gasteiger partial charge on any atom is 0.333 e. The number of hydrogen-bond acceptors (Lipinski definition) is 4. The standard InChI is InChI=1S/C14H13BrClNO2S/c1-8-3-6-12(20-8)13(14(18)19-2)17-9-4-5-11(16)10(15)7-9/h3-7,13,17H,1-2H3. The molecule has 0 bridgehead atoms. The number of halogens is 2. The van der Waals surface area contributed by atoms with E-state index in [0.29, 0.717) is 5.02 Å². The van der Waals surface area contributed by atoms with E-state index in [1.165, 1.54) is 7.11 Å². The van der Waals surface area contributed by atoms with Gasteiger partial charge in [0.15, 0.2) is 6.04 Å². The SMILES string of the molecule is COC(=O)C(Nc1ccc(Cl)c(Br)c1)c1ccc(C)s1. The van der Waals surface area contributed by atoms with Crippen LogP contribution in [0.15, 0.2) is 34.8 Å². The molecule has 0 saturated heterocycles. The fraction of sp³-hybridized carbons (Fsp3) is 0.214. The molecule has 1 aromatic heterocycles. The number of rotatable bonds is 4. The van der Waals surface area contributed by atoms with Crippen molar-refractivity contribution in [1.29, 1.82) is 0 Å². The third-order valence-electron chi connectivity index (χ3n) is 2.71. The lowest BCUT2D eigenvalue weighted by Gasteiger charge is -2.16. The maximum absolute atomic E-state index is 12.0. The first kappa shape index (κ1) is 15.4. The second-order valence-corrected chi connectivity index (χ2v) is 6.76. The molecule has 1 heterocycles. The number of carbonyl (C=O) groups excluding carboxylic acids is 1. The number of benzene rings is 1. The van der Waals surface area contributed by atoms with E-state index in [2.05, 4.69) is 21.2 Å². The van der Waals surface area contributed by atoms with Crippen LogP contribution in [0.2, 0.25) is 5.02 Å². The van der Waals surface area contributed by atoms with Gasteiger partial charge in [-0.3, -0.25) is 0 Å². The maximum atomic E-state index is 12.0. The summed E-state index contributed by atoms with van der Waals surface area (Å²) in [5.74, 6) is -0.321. The number of methoxy groups -OCH3 is 1. The quantitative estimate of drug-likeness (QED) is 0.781. The van der Waals surface area contributed by atoms with Crippen molar-refractivity contribution in [3.8, 4) is 0 Å². The number of esters is 1. The minimum Gasteiger partial charge on any atom is -0.467 e. The van der Waals surface area contributed by atoms with E-state index in [4.69, 9.17) is 16.3 Å². The van der Waals surface area contributed by atoms with Crippen LogP contribution in [-0.4, -0.2) is 13.1 Å². The minimum atomic E-state index is -0.522. The monoisotopic (exact) mass is 373 g/mol. The molecule has 0 fully saturated rings. The van der Waals surface area contributed by atoms with E-state index in [1.54, 1.807) is 17.4 Å². The summed E-state index contributed by atoms with van der Waals surface area (Å²) in [7, 11) is 1.38. The molecule has 1 unspecified atom stereocenters. The Kier molecular flexibility index (Phi) is 5.07. The summed E-state index contributed by atoms with van der Waals surface area (Å²) in [5, 5.41) is 3.80. The summed E-state index contributed by atoms with van der Waals surface area (Å²) in [6.45, 7) is 2.00. The average molecular weight is 375 g/mol. The fourth-order valence-electron chi connectivity index (χ4n) is 1.73. The predicted octanol–water partition coefficient (Wildman–Crippen LogP) is 4.80. The molecule has 0 aliphatic carbocycles. The van der Waals surface area contributed by atoms with Crippen molar-refractivity contribution in [2.45, 2.75) is 13.0 Å². The Labute approximate surface area is 135 Å². The Balaban J connectivity index is 2.28. The van der Waals surface area contributed by atoms with E-state index in [-0.39, 0.29) is 5.97 Å². The van der Waals surface area contributed by atoms with E-state index in [0.717, 1.165) is 19.9 Å². The predicted molar refractivity (Wildman–Crippen MR) is 86.6 cm³/mol. The number of aryl methyl sites for hydroxylation is 1. The van der Waals surface area contributed by atoms with Crippen molar-refractivity contribution in [2.24, 2.45) is 0 Å². The third kappa shape index (κ3) is 3.53. The van der Waals surface area contributed by atoms with Gasteiger partial charge >= 0.3 is 5.97 Å². The zero-order valence-corrected chi connectivity index (χ0v) is 14.1. The van der Waals surface area contributed by atoms with Crippen molar-refractivity contribution in [3.63, 3.8) is 0 Å². The van der Waals surface area contributed by atoms with Gasteiger partial charge in [-0.15, -0.1) is 11.3 Å². The van der Waals surface area contributed by atoms with Gasteiger partial charge in [0.2, 0.25) is 0 Å². The first-order valence-electron chi connectivity index (χ1n) is 5.87. The molecule has 2 rings (SSSR count). The van der Waals surface area contributed by atoms with Gasteiger partial charge in [0, 0.05) is 19.9 Å². The van der Waals surface area contributed by atoms with E-state index >= 15 is 0 Å². The Hall–Kier alpha value is -1.04. The van der Waals surface area contributed by atoms with Crippen LogP contribution in [0.4, 0.5) is 5.69 Å². The van der Waals surface area contributed by atoms with Gasteiger partial charge in [-0.2, -0.15) is 0 Å². The largest absolute Gasteiger partial charge is 0.467 e. The van der Waals surface area contributed by atoms with E-state index in [9.17, 15) is 4.79 Å². The molecule has 0 radical (unpaired) electrons. The first-order valence-corrected chi connectivity index (χ1v) is 7.85. The smallest absolute Gasteiger partial charge is 0.333 e. The minimum absolute atomic E-state index is 0.321. The Morgan fingerprint density at radius 2 is 2.15 bits per heavy atom. The van der Waals surface area contributed by atoms with Gasteiger partial charge in [0.25, 0.3) is 0 Å². The molecule has 20 heavy (non-hydrogen) atoms. The summed E-state index contributed by atoms with van der Waals surface area (Å²) in [4.78, 5) is 14.0. The molecule has 0 aliphatic rings. The number of carbonyl (C=O) groups is 1. The number of ether oxygens (including phenoxy) is 1. The summed E-state index contributed by atoms with van der Waals surface area (Å²) >= 11 is 10.9. The van der Waals surface area contributed by atoms with Crippen LogP contribution in [0.25, 0.3) is 0 Å². The summed E-state index contributed by atoms with van der Waals surface area (Å²) < 4.78 is 5.64.